The Bertz CT molecular complexity index is 1110. The molecule has 0 aromatic rings. The Labute approximate surface area is 404 Å². The third-order valence-corrected chi connectivity index (χ3v) is 13.9. The van der Waals surface area contributed by atoms with E-state index < -0.39 is 20.0 Å². The first kappa shape index (κ1) is 64.0. The maximum atomic E-state index is 12.9. The third-order valence-electron chi connectivity index (χ3n) is 12.9. The van der Waals surface area contributed by atoms with E-state index in [4.69, 9.17) is 9.05 Å². The molecule has 2 N–H and O–H groups in total. The van der Waals surface area contributed by atoms with Gasteiger partial charge < -0.3 is 28.8 Å². The van der Waals surface area contributed by atoms with Crippen LogP contribution in [0.3, 0.4) is 0 Å². The van der Waals surface area contributed by atoms with Gasteiger partial charge in [0.2, 0.25) is 5.91 Å². The summed E-state index contributed by atoms with van der Waals surface area (Å²) in [6.07, 6.45) is 59.8. The number of amides is 1. The molecule has 0 fully saturated rings. The fourth-order valence-corrected chi connectivity index (χ4v) is 9.19. The van der Waals surface area contributed by atoms with Crippen LogP contribution >= 0.6 is 7.82 Å². The largest absolute Gasteiger partial charge is 0.756 e. The Hall–Kier alpha value is -1.02. The van der Waals surface area contributed by atoms with Crippen LogP contribution in [-0.4, -0.2) is 68.5 Å². The fraction of sp³-hybridized carbons (Fsp3) is 0.911. The van der Waals surface area contributed by atoms with Crippen molar-refractivity contribution in [1.82, 2.24) is 5.32 Å². The van der Waals surface area contributed by atoms with E-state index in [1.54, 1.807) is 6.08 Å². The van der Waals surface area contributed by atoms with Crippen LogP contribution in [0.25, 0.3) is 0 Å². The molecule has 0 saturated heterocycles. The number of phosphoric acid groups is 1. The number of quaternary nitrogens is 1. The summed E-state index contributed by atoms with van der Waals surface area (Å²) in [7, 11) is 1.25. The Morgan fingerprint density at radius 2 is 0.862 bits per heavy atom. The van der Waals surface area contributed by atoms with E-state index in [2.05, 4.69) is 31.3 Å². The van der Waals surface area contributed by atoms with Crippen molar-refractivity contribution in [3.8, 4) is 0 Å². The number of nitrogens with one attached hydrogen (secondary N) is 1. The molecule has 0 spiro atoms. The Morgan fingerprint density at radius 3 is 1.25 bits per heavy atom. The number of unbranched alkanes of at least 4 members (excludes halogenated alkanes) is 37. The number of phosphoric ester groups is 1. The lowest BCUT2D eigenvalue weighted by Crippen LogP contribution is -2.45. The number of likely N-dealkylation sites (N-methyl/N-ethyl adjacent to an activating group) is 1. The van der Waals surface area contributed by atoms with Crippen molar-refractivity contribution >= 4 is 13.7 Å². The van der Waals surface area contributed by atoms with E-state index in [-0.39, 0.29) is 19.1 Å². The number of carbonyl (C=O) groups excluding carboxylic acids is 1. The molecule has 0 aliphatic heterocycles. The molecule has 0 aromatic heterocycles. The lowest BCUT2D eigenvalue weighted by Gasteiger charge is -2.29. The third kappa shape index (κ3) is 50.7. The molecular formula is C56H111N2O6P. The second kappa shape index (κ2) is 48.0. The van der Waals surface area contributed by atoms with Crippen molar-refractivity contribution in [2.24, 2.45) is 0 Å². The molecule has 0 rings (SSSR count). The minimum atomic E-state index is -4.60. The first-order valence-corrected chi connectivity index (χ1v) is 29.7. The number of aliphatic hydroxyl groups is 1. The highest BCUT2D eigenvalue weighted by Crippen LogP contribution is 2.38. The maximum absolute atomic E-state index is 12.9. The molecule has 1 amide bonds. The van der Waals surface area contributed by atoms with Gasteiger partial charge in [-0.2, -0.15) is 0 Å². The van der Waals surface area contributed by atoms with Gasteiger partial charge in [0.05, 0.1) is 39.9 Å². The summed E-state index contributed by atoms with van der Waals surface area (Å²) in [5, 5.41) is 13.8. The van der Waals surface area contributed by atoms with Crippen LogP contribution in [0.15, 0.2) is 24.3 Å². The van der Waals surface area contributed by atoms with Gasteiger partial charge in [0, 0.05) is 6.42 Å². The van der Waals surface area contributed by atoms with Crippen LogP contribution in [0, 0.1) is 0 Å². The summed E-state index contributed by atoms with van der Waals surface area (Å²) < 4.78 is 23.3. The van der Waals surface area contributed by atoms with E-state index in [0.29, 0.717) is 17.4 Å². The number of carbonyl (C=O) groups is 1. The molecule has 386 valence electrons. The first-order valence-electron chi connectivity index (χ1n) is 28.2. The molecule has 8 nitrogen and oxygen atoms in total. The SMILES string of the molecule is CCCCCCCCCC/C=C/CC/C=C/C(O)C(COP(=O)([O-])OCC[N+](C)(C)C)NC(=O)CCCCCCCCCCCCCCCCCCCCCCCCCCCCCCC. The van der Waals surface area contributed by atoms with Crippen LogP contribution in [0.4, 0.5) is 0 Å². The van der Waals surface area contributed by atoms with Gasteiger partial charge in [-0.1, -0.05) is 263 Å². The Balaban J connectivity index is 4.08. The summed E-state index contributed by atoms with van der Waals surface area (Å²) in [5.41, 5.74) is 0. The molecule has 0 aliphatic carbocycles. The predicted molar refractivity (Wildman–Crippen MR) is 279 cm³/mol. The number of hydrogen-bond acceptors (Lipinski definition) is 6. The van der Waals surface area contributed by atoms with Gasteiger partial charge in [-0.25, -0.2) is 0 Å². The van der Waals surface area contributed by atoms with E-state index in [1.807, 2.05) is 27.2 Å². The normalized spacial score (nSPS) is 14.1. The van der Waals surface area contributed by atoms with Gasteiger partial charge >= 0.3 is 0 Å². The van der Waals surface area contributed by atoms with Crippen molar-refractivity contribution < 1.29 is 32.9 Å². The average molecular weight is 939 g/mol. The topological polar surface area (TPSA) is 108 Å². The number of aliphatic hydroxyl groups excluding tert-OH is 1. The zero-order chi connectivity index (χ0) is 47.8. The molecule has 0 heterocycles. The highest BCUT2D eigenvalue weighted by molar-refractivity contribution is 7.45. The molecule has 9 heteroatoms. The smallest absolute Gasteiger partial charge is 0.268 e. The van der Waals surface area contributed by atoms with Gasteiger partial charge in [0.1, 0.15) is 13.2 Å². The van der Waals surface area contributed by atoms with E-state index in [9.17, 15) is 19.4 Å². The first-order chi connectivity index (χ1) is 31.5. The fourth-order valence-electron chi connectivity index (χ4n) is 8.47. The summed E-state index contributed by atoms with van der Waals surface area (Å²) in [6, 6.07) is -0.899. The monoisotopic (exact) mass is 939 g/mol. The van der Waals surface area contributed by atoms with Crippen molar-refractivity contribution in [2.75, 3.05) is 40.9 Å². The minimum Gasteiger partial charge on any atom is -0.756 e. The second-order valence-electron chi connectivity index (χ2n) is 20.6. The van der Waals surface area contributed by atoms with Crippen molar-refractivity contribution in [1.29, 1.82) is 0 Å². The zero-order valence-corrected chi connectivity index (χ0v) is 44.9. The molecule has 0 aliphatic rings. The predicted octanol–water partition coefficient (Wildman–Crippen LogP) is 16.2. The average Bonchev–Trinajstić information content (AvgIpc) is 3.26. The zero-order valence-electron chi connectivity index (χ0n) is 44.0. The lowest BCUT2D eigenvalue weighted by atomic mass is 10.0. The van der Waals surface area contributed by atoms with Gasteiger partial charge in [-0.15, -0.1) is 0 Å². The van der Waals surface area contributed by atoms with E-state index in [1.165, 1.54) is 218 Å². The summed E-state index contributed by atoms with van der Waals surface area (Å²) >= 11 is 0. The number of allylic oxidation sites excluding steroid dienone is 3. The van der Waals surface area contributed by atoms with E-state index in [0.717, 1.165) is 38.5 Å². The van der Waals surface area contributed by atoms with Gasteiger partial charge in [0.25, 0.3) is 7.82 Å². The van der Waals surface area contributed by atoms with E-state index >= 15 is 0 Å². The molecular weight excluding hydrogens is 828 g/mol. The number of rotatable bonds is 52. The minimum absolute atomic E-state index is 0.00397. The summed E-state index contributed by atoms with van der Waals surface area (Å²) in [6.45, 7) is 4.65. The number of nitrogens with zero attached hydrogens (tertiary/aromatic N) is 1. The van der Waals surface area contributed by atoms with Crippen LogP contribution in [-0.2, 0) is 18.4 Å². The quantitative estimate of drug-likeness (QED) is 0.0272. The summed E-state index contributed by atoms with van der Waals surface area (Å²) in [5.74, 6) is -0.202. The highest BCUT2D eigenvalue weighted by Gasteiger charge is 2.23. The molecule has 0 bridgehead atoms. The molecule has 3 unspecified atom stereocenters. The van der Waals surface area contributed by atoms with Crippen LogP contribution in [0.5, 0.6) is 0 Å². The lowest BCUT2D eigenvalue weighted by molar-refractivity contribution is -0.870. The van der Waals surface area contributed by atoms with Gasteiger partial charge in [-0.3, -0.25) is 9.36 Å². The van der Waals surface area contributed by atoms with Crippen molar-refractivity contribution in [3.63, 3.8) is 0 Å². The Kier molecular flexibility index (Phi) is 47.3. The van der Waals surface area contributed by atoms with Crippen molar-refractivity contribution in [3.05, 3.63) is 24.3 Å². The van der Waals surface area contributed by atoms with Crippen molar-refractivity contribution in [2.45, 2.75) is 289 Å². The van der Waals surface area contributed by atoms with Crippen LogP contribution in [0.2, 0.25) is 0 Å². The van der Waals surface area contributed by atoms with Crippen LogP contribution < -0.4 is 10.2 Å². The molecule has 3 atom stereocenters. The highest BCUT2D eigenvalue weighted by atomic mass is 31.2. The standard InChI is InChI=1S/C56H111N2O6P/c1-6-8-10-12-14-16-18-20-22-23-24-25-26-27-28-29-30-31-32-33-34-35-36-38-40-42-44-46-48-50-56(60)57-54(53-64-65(61,62)63-52-51-58(3,4)5)55(59)49-47-45-43-41-39-37-21-19-17-15-13-11-9-7-2/h39,41,47,49,54-55,59H,6-38,40,42-46,48,50-53H2,1-5H3,(H-,57,60,61,62)/b41-39+,49-47+. The number of hydrogen-bond donors (Lipinski definition) is 2. The molecule has 0 aromatic carbocycles. The molecule has 0 radical (unpaired) electrons. The Morgan fingerprint density at radius 1 is 0.523 bits per heavy atom. The maximum Gasteiger partial charge on any atom is 0.268 e. The second-order valence-corrected chi connectivity index (χ2v) is 22.1. The van der Waals surface area contributed by atoms with Gasteiger partial charge in [-0.05, 0) is 32.1 Å². The molecule has 0 saturated carbocycles. The van der Waals surface area contributed by atoms with Gasteiger partial charge in [0.15, 0.2) is 0 Å². The van der Waals surface area contributed by atoms with Crippen LogP contribution in [0.1, 0.15) is 277 Å². The molecule has 65 heavy (non-hydrogen) atoms. The summed E-state index contributed by atoms with van der Waals surface area (Å²) in [4.78, 5) is 25.4.